The Morgan fingerprint density at radius 3 is 2.41 bits per heavy atom. The highest BCUT2D eigenvalue weighted by atomic mass is 16.5. The molecule has 0 aliphatic heterocycles. The van der Waals surface area contributed by atoms with Crippen LogP contribution >= 0.6 is 0 Å². The van der Waals surface area contributed by atoms with E-state index in [0.717, 1.165) is 28.1 Å². The summed E-state index contributed by atoms with van der Waals surface area (Å²) in [6.45, 7) is 2.32. The van der Waals surface area contributed by atoms with E-state index in [-0.39, 0.29) is 11.9 Å². The molecule has 9 nitrogen and oxygen atoms in total. The average molecular weight is 500 g/mol. The molecule has 0 aliphatic carbocycles. The van der Waals surface area contributed by atoms with Gasteiger partial charge in [-0.1, -0.05) is 29.4 Å². The van der Waals surface area contributed by atoms with E-state index in [9.17, 15) is 9.59 Å². The predicted molar refractivity (Wildman–Crippen MR) is 141 cm³/mol. The number of amides is 3. The highest BCUT2D eigenvalue weighted by Crippen LogP contribution is 2.20. The maximum Gasteiger partial charge on any atom is 0.323 e. The van der Waals surface area contributed by atoms with Gasteiger partial charge in [-0.15, -0.1) is 0 Å². The van der Waals surface area contributed by atoms with Crippen LogP contribution in [-0.4, -0.2) is 29.2 Å². The second kappa shape index (κ2) is 12.3. The zero-order valence-electron chi connectivity index (χ0n) is 20.8. The van der Waals surface area contributed by atoms with Crippen molar-refractivity contribution in [2.24, 2.45) is 0 Å². The molecular weight excluding hydrogens is 470 g/mol. The van der Waals surface area contributed by atoms with Crippen molar-refractivity contribution in [3.05, 3.63) is 89.8 Å². The quantitative estimate of drug-likeness (QED) is 0.271. The van der Waals surface area contributed by atoms with Gasteiger partial charge in [0, 0.05) is 36.3 Å². The lowest BCUT2D eigenvalue weighted by atomic mass is 10.2. The Kier molecular flexibility index (Phi) is 8.49. The molecule has 0 saturated heterocycles. The maximum atomic E-state index is 12.3. The Morgan fingerprint density at radius 1 is 0.946 bits per heavy atom. The summed E-state index contributed by atoms with van der Waals surface area (Å²) in [5.41, 5.74) is 4.13. The molecule has 1 heterocycles. The zero-order valence-corrected chi connectivity index (χ0v) is 20.8. The van der Waals surface area contributed by atoms with Gasteiger partial charge in [0.15, 0.2) is 0 Å². The van der Waals surface area contributed by atoms with Gasteiger partial charge in [-0.25, -0.2) is 4.79 Å². The van der Waals surface area contributed by atoms with Gasteiger partial charge in [0.2, 0.25) is 17.6 Å². The first kappa shape index (κ1) is 25.4. The molecule has 1 aromatic heterocycles. The number of carbonyl (C=O) groups excluding carboxylic acids is 2. The topological polar surface area (TPSA) is 118 Å². The van der Waals surface area contributed by atoms with E-state index in [2.05, 4.69) is 26.1 Å². The fourth-order valence-electron chi connectivity index (χ4n) is 3.68. The zero-order chi connectivity index (χ0) is 26.0. The third kappa shape index (κ3) is 7.66. The fourth-order valence-corrected chi connectivity index (χ4v) is 3.68. The highest BCUT2D eigenvalue weighted by molar-refractivity contribution is 5.99. The standard InChI is InChI=1S/C28H29N5O4/c1-19-6-3-8-22(16-19)30-28(35)31-23-9-4-7-20(17-23)18-29-25(34)10-5-11-26-32-27(33-37-26)21-12-14-24(36-2)15-13-21/h3-4,6-9,12-17H,5,10-11,18H2,1-2H3,(H,29,34)(H2,30,31,35). The number of methoxy groups -OCH3 is 1. The minimum Gasteiger partial charge on any atom is -0.497 e. The summed E-state index contributed by atoms with van der Waals surface area (Å²) < 4.78 is 10.5. The van der Waals surface area contributed by atoms with Crippen molar-refractivity contribution in [3.8, 4) is 17.1 Å². The number of ether oxygens (including phenoxy) is 1. The molecule has 0 bridgehead atoms. The smallest absolute Gasteiger partial charge is 0.323 e. The summed E-state index contributed by atoms with van der Waals surface area (Å²) in [6, 6.07) is 22.0. The normalized spacial score (nSPS) is 10.5. The van der Waals surface area contributed by atoms with Gasteiger partial charge in [-0.2, -0.15) is 4.98 Å². The van der Waals surface area contributed by atoms with Gasteiger partial charge in [0.1, 0.15) is 5.75 Å². The van der Waals surface area contributed by atoms with Gasteiger partial charge < -0.3 is 25.2 Å². The van der Waals surface area contributed by atoms with E-state index in [1.807, 2.05) is 73.7 Å². The highest BCUT2D eigenvalue weighted by Gasteiger charge is 2.10. The van der Waals surface area contributed by atoms with Crippen molar-refractivity contribution < 1.29 is 18.8 Å². The molecule has 0 saturated carbocycles. The van der Waals surface area contributed by atoms with Crippen LogP contribution in [-0.2, 0) is 17.8 Å². The summed E-state index contributed by atoms with van der Waals surface area (Å²) in [5, 5.41) is 12.5. The molecule has 0 atom stereocenters. The van der Waals surface area contributed by atoms with Crippen LogP contribution in [0.25, 0.3) is 11.4 Å². The number of hydrogen-bond donors (Lipinski definition) is 3. The molecule has 4 rings (SSSR count). The van der Waals surface area contributed by atoms with Gasteiger partial charge >= 0.3 is 6.03 Å². The second-order valence-corrected chi connectivity index (χ2v) is 8.52. The summed E-state index contributed by atoms with van der Waals surface area (Å²) in [7, 11) is 1.61. The largest absolute Gasteiger partial charge is 0.497 e. The van der Waals surface area contributed by atoms with Crippen LogP contribution in [0.2, 0.25) is 0 Å². The average Bonchev–Trinajstić information content (AvgIpc) is 3.36. The van der Waals surface area contributed by atoms with E-state index in [4.69, 9.17) is 9.26 Å². The summed E-state index contributed by atoms with van der Waals surface area (Å²) in [6.07, 6.45) is 1.42. The Morgan fingerprint density at radius 2 is 1.68 bits per heavy atom. The Balaban J connectivity index is 1.19. The Labute approximate surface area is 215 Å². The molecule has 4 aromatic rings. The number of hydrogen-bond acceptors (Lipinski definition) is 6. The first-order valence-electron chi connectivity index (χ1n) is 12.0. The predicted octanol–water partition coefficient (Wildman–Crippen LogP) is 5.34. The molecule has 0 aliphatic rings. The Bertz CT molecular complexity index is 1350. The van der Waals surface area contributed by atoms with Gasteiger partial charge in [0.05, 0.1) is 7.11 Å². The summed E-state index contributed by atoms with van der Waals surface area (Å²) in [5.74, 6) is 1.67. The van der Waals surface area contributed by atoms with Crippen LogP contribution in [0.3, 0.4) is 0 Å². The number of carbonyl (C=O) groups is 2. The minimum absolute atomic E-state index is 0.0783. The molecule has 0 spiro atoms. The first-order valence-corrected chi connectivity index (χ1v) is 12.0. The fraction of sp³-hybridized carbons (Fsp3) is 0.214. The number of benzene rings is 3. The van der Waals surface area contributed by atoms with Gasteiger partial charge in [0.25, 0.3) is 0 Å². The summed E-state index contributed by atoms with van der Waals surface area (Å²) in [4.78, 5) is 29.0. The number of aromatic nitrogens is 2. The van der Waals surface area contributed by atoms with Crippen LogP contribution < -0.4 is 20.7 Å². The molecule has 9 heteroatoms. The lowest BCUT2D eigenvalue weighted by Crippen LogP contribution is -2.23. The number of urea groups is 1. The van der Waals surface area contributed by atoms with E-state index in [1.54, 1.807) is 13.2 Å². The third-order valence-electron chi connectivity index (χ3n) is 5.56. The molecule has 190 valence electrons. The number of aryl methyl sites for hydroxylation is 2. The molecule has 0 radical (unpaired) electrons. The van der Waals surface area contributed by atoms with E-state index >= 15 is 0 Å². The lowest BCUT2D eigenvalue weighted by molar-refractivity contribution is -0.121. The van der Waals surface area contributed by atoms with Crippen LogP contribution in [0.5, 0.6) is 5.75 Å². The van der Waals surface area contributed by atoms with E-state index < -0.39 is 0 Å². The van der Waals surface area contributed by atoms with Crippen LogP contribution in [0.1, 0.15) is 29.9 Å². The molecular formula is C28H29N5O4. The monoisotopic (exact) mass is 499 g/mol. The third-order valence-corrected chi connectivity index (χ3v) is 5.56. The van der Waals surface area contributed by atoms with Crippen LogP contribution in [0.15, 0.2) is 77.3 Å². The molecule has 0 unspecified atom stereocenters. The second-order valence-electron chi connectivity index (χ2n) is 8.52. The minimum atomic E-state index is -0.331. The molecule has 37 heavy (non-hydrogen) atoms. The number of anilines is 2. The van der Waals surface area contributed by atoms with E-state index in [1.165, 1.54) is 0 Å². The van der Waals surface area contributed by atoms with Crippen molar-refractivity contribution in [2.45, 2.75) is 32.7 Å². The molecule has 3 amide bonds. The summed E-state index contributed by atoms with van der Waals surface area (Å²) >= 11 is 0. The van der Waals surface area contributed by atoms with Gasteiger partial charge in [-0.05, 0) is 73.0 Å². The SMILES string of the molecule is COc1ccc(-c2noc(CCCC(=O)NCc3cccc(NC(=O)Nc4cccc(C)c4)c3)n2)cc1. The van der Waals surface area contributed by atoms with Crippen molar-refractivity contribution in [2.75, 3.05) is 17.7 Å². The van der Waals surface area contributed by atoms with Crippen LogP contribution in [0, 0.1) is 6.92 Å². The Hall–Kier alpha value is -4.66. The van der Waals surface area contributed by atoms with Crippen molar-refractivity contribution in [1.29, 1.82) is 0 Å². The van der Waals surface area contributed by atoms with Crippen molar-refractivity contribution >= 4 is 23.3 Å². The first-order chi connectivity index (χ1) is 18.0. The van der Waals surface area contributed by atoms with E-state index in [0.29, 0.717) is 43.2 Å². The molecule has 0 fully saturated rings. The van der Waals surface area contributed by atoms with Crippen molar-refractivity contribution in [1.82, 2.24) is 15.5 Å². The number of nitrogens with zero attached hydrogens (tertiary/aromatic N) is 2. The number of rotatable bonds is 10. The lowest BCUT2D eigenvalue weighted by Gasteiger charge is -2.10. The van der Waals surface area contributed by atoms with Gasteiger partial charge in [-0.3, -0.25) is 4.79 Å². The maximum absolute atomic E-state index is 12.3. The number of nitrogens with one attached hydrogen (secondary N) is 3. The van der Waals surface area contributed by atoms with Crippen molar-refractivity contribution in [3.63, 3.8) is 0 Å². The molecule has 3 N–H and O–H groups in total. The molecule has 3 aromatic carbocycles. The van der Waals surface area contributed by atoms with Crippen LogP contribution in [0.4, 0.5) is 16.2 Å².